The molecule has 0 fully saturated rings. The molecule has 2 aromatic heterocycles. The number of rotatable bonds is 5. The van der Waals surface area contributed by atoms with E-state index in [0.29, 0.717) is 28.9 Å². The van der Waals surface area contributed by atoms with Crippen LogP contribution in [0.1, 0.15) is 10.5 Å². The second-order valence-electron chi connectivity index (χ2n) is 6.11. The third-order valence-corrected chi connectivity index (χ3v) is 4.42. The lowest BCUT2D eigenvalue weighted by Crippen LogP contribution is -2.12. The molecule has 132 valence electrons. The van der Waals surface area contributed by atoms with Crippen molar-refractivity contribution in [2.24, 2.45) is 0 Å². The molecular weight excluding hydrogens is 333 g/mol. The molecule has 0 saturated carbocycles. The Morgan fingerprint density at radius 1 is 1.23 bits per heavy atom. The molecular formula is C20H18FN3O2. The molecule has 4 aromatic rings. The van der Waals surface area contributed by atoms with Gasteiger partial charge in [-0.15, -0.1) is 0 Å². The van der Waals surface area contributed by atoms with Gasteiger partial charge in [-0.05, 0) is 42.5 Å². The predicted octanol–water partition coefficient (Wildman–Crippen LogP) is 4.16. The summed E-state index contributed by atoms with van der Waals surface area (Å²) in [7, 11) is 1.68. The SMILES string of the molecule is COCCn1ccc2cc(NC(=O)c3cc4c(F)cccc4[nH]3)ccc21. The Bertz CT molecular complexity index is 1100. The maximum atomic E-state index is 13.8. The van der Waals surface area contributed by atoms with Gasteiger partial charge in [0.2, 0.25) is 0 Å². The van der Waals surface area contributed by atoms with E-state index in [9.17, 15) is 9.18 Å². The van der Waals surface area contributed by atoms with Crippen LogP contribution in [0.3, 0.4) is 0 Å². The number of benzene rings is 2. The van der Waals surface area contributed by atoms with Crippen molar-refractivity contribution in [3.8, 4) is 0 Å². The lowest BCUT2D eigenvalue weighted by Gasteiger charge is -2.07. The molecule has 2 heterocycles. The molecule has 2 N–H and O–H groups in total. The summed E-state index contributed by atoms with van der Waals surface area (Å²) in [6, 6.07) is 14.0. The molecule has 0 aliphatic carbocycles. The van der Waals surface area contributed by atoms with Crippen LogP contribution in [0.25, 0.3) is 21.8 Å². The van der Waals surface area contributed by atoms with Crippen LogP contribution in [0.4, 0.5) is 10.1 Å². The van der Waals surface area contributed by atoms with E-state index < -0.39 is 0 Å². The second kappa shape index (κ2) is 6.65. The number of halogens is 1. The summed E-state index contributed by atoms with van der Waals surface area (Å²) in [5, 5.41) is 4.29. The lowest BCUT2D eigenvalue weighted by molar-refractivity contribution is 0.102. The third-order valence-electron chi connectivity index (χ3n) is 4.42. The molecule has 1 amide bonds. The zero-order chi connectivity index (χ0) is 18.1. The maximum absolute atomic E-state index is 13.8. The van der Waals surface area contributed by atoms with Crippen molar-refractivity contribution in [1.29, 1.82) is 0 Å². The van der Waals surface area contributed by atoms with Crippen LogP contribution < -0.4 is 5.32 Å². The number of nitrogens with zero attached hydrogens (tertiary/aromatic N) is 1. The minimum Gasteiger partial charge on any atom is -0.383 e. The summed E-state index contributed by atoms with van der Waals surface area (Å²) in [5.74, 6) is -0.657. The average molecular weight is 351 g/mol. The van der Waals surface area contributed by atoms with Crippen LogP contribution in [0, 0.1) is 5.82 Å². The summed E-state index contributed by atoms with van der Waals surface area (Å²) in [5.41, 5.74) is 2.68. The van der Waals surface area contributed by atoms with Gasteiger partial charge >= 0.3 is 0 Å². The van der Waals surface area contributed by atoms with Gasteiger partial charge in [0.05, 0.1) is 6.61 Å². The van der Waals surface area contributed by atoms with E-state index >= 15 is 0 Å². The first-order valence-corrected chi connectivity index (χ1v) is 8.32. The first-order valence-electron chi connectivity index (χ1n) is 8.32. The van der Waals surface area contributed by atoms with Gasteiger partial charge in [-0.3, -0.25) is 4.79 Å². The number of aromatic nitrogens is 2. The zero-order valence-electron chi connectivity index (χ0n) is 14.3. The van der Waals surface area contributed by atoms with Crippen molar-refractivity contribution in [3.05, 3.63) is 66.2 Å². The summed E-state index contributed by atoms with van der Waals surface area (Å²) < 4.78 is 21.0. The Hall–Kier alpha value is -3.12. The van der Waals surface area contributed by atoms with E-state index in [-0.39, 0.29) is 11.7 Å². The van der Waals surface area contributed by atoms with Crippen molar-refractivity contribution in [1.82, 2.24) is 9.55 Å². The molecule has 26 heavy (non-hydrogen) atoms. The molecule has 0 aliphatic heterocycles. The van der Waals surface area contributed by atoms with Gasteiger partial charge in [0.1, 0.15) is 11.5 Å². The number of H-pyrrole nitrogens is 1. The number of aromatic amines is 1. The molecule has 0 saturated heterocycles. The number of carbonyl (C=O) groups is 1. The van der Waals surface area contributed by atoms with Crippen LogP contribution in [0.5, 0.6) is 0 Å². The number of fused-ring (bicyclic) bond motifs is 2. The van der Waals surface area contributed by atoms with Gasteiger partial charge in [0.15, 0.2) is 0 Å². The van der Waals surface area contributed by atoms with E-state index in [1.165, 1.54) is 12.1 Å². The number of hydrogen-bond acceptors (Lipinski definition) is 2. The van der Waals surface area contributed by atoms with Crippen molar-refractivity contribution < 1.29 is 13.9 Å². The molecule has 0 radical (unpaired) electrons. The zero-order valence-corrected chi connectivity index (χ0v) is 14.3. The highest BCUT2D eigenvalue weighted by Crippen LogP contribution is 2.22. The third kappa shape index (κ3) is 2.95. The highest BCUT2D eigenvalue weighted by molar-refractivity contribution is 6.06. The number of ether oxygens (including phenoxy) is 1. The molecule has 0 unspecified atom stereocenters. The first kappa shape index (κ1) is 16.4. The molecule has 6 heteroatoms. The van der Waals surface area contributed by atoms with Crippen LogP contribution >= 0.6 is 0 Å². The Morgan fingerprint density at radius 2 is 2.12 bits per heavy atom. The minimum absolute atomic E-state index is 0.307. The van der Waals surface area contributed by atoms with Crippen LogP contribution in [0.2, 0.25) is 0 Å². The average Bonchev–Trinajstić information content (AvgIpc) is 3.24. The summed E-state index contributed by atoms with van der Waals surface area (Å²) >= 11 is 0. The summed E-state index contributed by atoms with van der Waals surface area (Å²) in [6.45, 7) is 1.41. The smallest absolute Gasteiger partial charge is 0.272 e. The number of anilines is 1. The first-order chi connectivity index (χ1) is 12.7. The maximum Gasteiger partial charge on any atom is 0.272 e. The minimum atomic E-state index is -0.350. The van der Waals surface area contributed by atoms with Crippen LogP contribution in [0.15, 0.2) is 54.7 Å². The molecule has 0 bridgehead atoms. The van der Waals surface area contributed by atoms with Crippen molar-refractivity contribution >= 4 is 33.4 Å². The van der Waals surface area contributed by atoms with Crippen LogP contribution in [-0.2, 0) is 11.3 Å². The second-order valence-corrected chi connectivity index (χ2v) is 6.11. The van der Waals surface area contributed by atoms with E-state index in [2.05, 4.69) is 14.9 Å². The van der Waals surface area contributed by atoms with Gasteiger partial charge in [-0.1, -0.05) is 6.07 Å². The van der Waals surface area contributed by atoms with Crippen molar-refractivity contribution in [3.63, 3.8) is 0 Å². The molecule has 2 aromatic carbocycles. The van der Waals surface area contributed by atoms with Gasteiger partial charge in [0.25, 0.3) is 5.91 Å². The van der Waals surface area contributed by atoms with Crippen molar-refractivity contribution in [2.45, 2.75) is 6.54 Å². The fourth-order valence-corrected chi connectivity index (χ4v) is 3.10. The summed E-state index contributed by atoms with van der Waals surface area (Å²) in [4.78, 5) is 15.4. The Labute approximate surface area is 149 Å². The van der Waals surface area contributed by atoms with E-state index in [4.69, 9.17) is 4.74 Å². The monoisotopic (exact) mass is 351 g/mol. The molecule has 4 rings (SSSR count). The van der Waals surface area contributed by atoms with E-state index in [0.717, 1.165) is 17.4 Å². The number of methoxy groups -OCH3 is 1. The molecule has 0 atom stereocenters. The molecule has 0 aliphatic rings. The lowest BCUT2D eigenvalue weighted by atomic mass is 10.2. The number of nitrogens with one attached hydrogen (secondary N) is 2. The van der Waals surface area contributed by atoms with Gasteiger partial charge in [0, 0.05) is 47.3 Å². The quantitative estimate of drug-likeness (QED) is 0.567. The van der Waals surface area contributed by atoms with E-state index in [1.54, 1.807) is 19.2 Å². The largest absolute Gasteiger partial charge is 0.383 e. The number of carbonyl (C=O) groups excluding carboxylic acids is 1. The van der Waals surface area contributed by atoms with Crippen LogP contribution in [-0.4, -0.2) is 29.2 Å². The Kier molecular flexibility index (Phi) is 4.18. The highest BCUT2D eigenvalue weighted by Gasteiger charge is 2.12. The summed E-state index contributed by atoms with van der Waals surface area (Å²) in [6.07, 6.45) is 2.00. The van der Waals surface area contributed by atoms with E-state index in [1.807, 2.05) is 30.5 Å². The number of hydrogen-bond donors (Lipinski definition) is 2. The standard InChI is InChI=1S/C20H18FN3O2/c1-26-10-9-24-8-7-13-11-14(5-6-19(13)24)22-20(25)18-12-15-16(21)3-2-4-17(15)23-18/h2-8,11-12,23H,9-10H2,1H3,(H,22,25). The van der Waals surface area contributed by atoms with Gasteiger partial charge < -0.3 is 19.6 Å². The molecule has 5 nitrogen and oxygen atoms in total. The predicted molar refractivity (Wildman–Crippen MR) is 100 cm³/mol. The fourth-order valence-electron chi connectivity index (χ4n) is 3.10. The van der Waals surface area contributed by atoms with Crippen molar-refractivity contribution in [2.75, 3.05) is 19.0 Å². The van der Waals surface area contributed by atoms with Gasteiger partial charge in [-0.25, -0.2) is 4.39 Å². The van der Waals surface area contributed by atoms with Gasteiger partial charge in [-0.2, -0.15) is 0 Å². The molecule has 0 spiro atoms. The highest BCUT2D eigenvalue weighted by atomic mass is 19.1. The topological polar surface area (TPSA) is 59.0 Å². The number of amides is 1. The normalized spacial score (nSPS) is 11.3. The Morgan fingerprint density at radius 3 is 2.92 bits per heavy atom. The fraction of sp³-hybridized carbons (Fsp3) is 0.150. The Balaban J connectivity index is 1.57.